The molecule has 0 amide bonds. The van der Waals surface area contributed by atoms with Crippen LogP contribution in [0.2, 0.25) is 5.02 Å². The van der Waals surface area contributed by atoms with E-state index in [1.54, 1.807) is 0 Å². The third-order valence-electron chi connectivity index (χ3n) is 4.59. The van der Waals surface area contributed by atoms with E-state index in [2.05, 4.69) is 55.6 Å². The first-order valence-electron chi connectivity index (χ1n) is 7.63. The van der Waals surface area contributed by atoms with Crippen LogP contribution in [-0.4, -0.2) is 0 Å². The Labute approximate surface area is 132 Å². The average molecular weight is 300 g/mol. The quantitative estimate of drug-likeness (QED) is 0.817. The summed E-state index contributed by atoms with van der Waals surface area (Å²) in [6.07, 6.45) is 2.42. The number of rotatable bonds is 3. The number of nitrogens with one attached hydrogen (secondary N) is 1. The Balaban J connectivity index is 1.76. The first kappa shape index (κ1) is 14.6. The van der Waals surface area contributed by atoms with Gasteiger partial charge in [-0.3, -0.25) is 0 Å². The van der Waals surface area contributed by atoms with Crippen molar-refractivity contribution in [3.63, 3.8) is 0 Å². The van der Waals surface area contributed by atoms with Crippen molar-refractivity contribution in [3.05, 3.63) is 70.2 Å². The molecule has 2 aromatic rings. The minimum atomic E-state index is 0.287. The Bertz CT molecular complexity index is 616. The number of hydrogen-bond donors (Lipinski definition) is 1. The van der Waals surface area contributed by atoms with Gasteiger partial charge in [-0.25, -0.2) is 0 Å². The van der Waals surface area contributed by atoms with Gasteiger partial charge in [-0.15, -0.1) is 0 Å². The lowest BCUT2D eigenvalue weighted by Gasteiger charge is -2.37. The lowest BCUT2D eigenvalue weighted by atomic mass is 9.71. The van der Waals surface area contributed by atoms with Crippen LogP contribution in [0.4, 0.5) is 0 Å². The largest absolute Gasteiger partial charge is 0.306 e. The smallest absolute Gasteiger partial charge is 0.0406 e. The predicted molar refractivity (Wildman–Crippen MR) is 89.7 cm³/mol. The maximum absolute atomic E-state index is 5.94. The number of benzene rings is 2. The maximum atomic E-state index is 5.94. The summed E-state index contributed by atoms with van der Waals surface area (Å²) in [4.78, 5) is 0. The first-order chi connectivity index (χ1) is 10.1. The van der Waals surface area contributed by atoms with E-state index in [0.717, 1.165) is 11.6 Å². The molecule has 0 spiro atoms. The number of fused-ring (bicyclic) bond motifs is 1. The highest BCUT2D eigenvalue weighted by Gasteiger charge is 2.31. The van der Waals surface area contributed by atoms with Crippen LogP contribution in [0.15, 0.2) is 48.5 Å². The molecule has 21 heavy (non-hydrogen) atoms. The molecule has 0 aromatic heterocycles. The normalized spacial score (nSPS) is 20.0. The highest BCUT2D eigenvalue weighted by atomic mass is 35.5. The summed E-state index contributed by atoms with van der Waals surface area (Å²) in [6, 6.07) is 17.4. The van der Waals surface area contributed by atoms with E-state index in [-0.39, 0.29) is 5.41 Å². The summed E-state index contributed by atoms with van der Waals surface area (Å²) in [6.45, 7) is 5.58. The van der Waals surface area contributed by atoms with Crippen molar-refractivity contribution in [2.45, 2.75) is 44.7 Å². The average Bonchev–Trinajstić information content (AvgIpc) is 2.48. The van der Waals surface area contributed by atoms with Gasteiger partial charge in [0.2, 0.25) is 0 Å². The zero-order valence-electron chi connectivity index (χ0n) is 12.7. The fourth-order valence-corrected chi connectivity index (χ4v) is 3.39. The molecule has 2 heteroatoms. The van der Waals surface area contributed by atoms with E-state index >= 15 is 0 Å². The number of hydrogen-bond acceptors (Lipinski definition) is 1. The summed E-state index contributed by atoms with van der Waals surface area (Å²) in [5, 5.41) is 4.50. The molecule has 1 nitrogen and oxygen atoms in total. The summed E-state index contributed by atoms with van der Waals surface area (Å²) in [5.74, 6) is 0. The van der Waals surface area contributed by atoms with Gasteiger partial charge in [0, 0.05) is 17.6 Å². The summed E-state index contributed by atoms with van der Waals surface area (Å²) in [5.41, 5.74) is 4.52. The molecule has 0 fully saturated rings. The minimum Gasteiger partial charge on any atom is -0.306 e. The van der Waals surface area contributed by atoms with Crippen molar-refractivity contribution in [2.75, 3.05) is 0 Å². The van der Waals surface area contributed by atoms with E-state index in [4.69, 9.17) is 11.6 Å². The van der Waals surface area contributed by atoms with Crippen LogP contribution in [-0.2, 0) is 12.0 Å². The van der Waals surface area contributed by atoms with Gasteiger partial charge in [0.1, 0.15) is 0 Å². The van der Waals surface area contributed by atoms with Crippen LogP contribution < -0.4 is 5.32 Å². The van der Waals surface area contributed by atoms with Crippen molar-refractivity contribution in [3.8, 4) is 0 Å². The first-order valence-corrected chi connectivity index (χ1v) is 8.01. The number of halogens is 1. The second-order valence-electron chi connectivity index (χ2n) is 6.57. The minimum absolute atomic E-state index is 0.287. The SMILES string of the molecule is CC1(C)CCC(NCc2ccc(Cl)cc2)c2ccccc21. The summed E-state index contributed by atoms with van der Waals surface area (Å²) in [7, 11) is 0. The van der Waals surface area contributed by atoms with Crippen LogP contribution in [0.1, 0.15) is 49.4 Å². The van der Waals surface area contributed by atoms with E-state index in [1.165, 1.54) is 29.5 Å². The van der Waals surface area contributed by atoms with Gasteiger partial charge >= 0.3 is 0 Å². The second kappa shape index (κ2) is 5.82. The van der Waals surface area contributed by atoms with E-state index < -0.39 is 0 Å². The van der Waals surface area contributed by atoms with Gasteiger partial charge in [-0.1, -0.05) is 61.8 Å². The Morgan fingerprint density at radius 1 is 1.10 bits per heavy atom. The topological polar surface area (TPSA) is 12.0 Å². The molecule has 1 aliphatic rings. The molecular weight excluding hydrogens is 278 g/mol. The molecule has 0 aliphatic heterocycles. The molecular formula is C19H22ClN. The maximum Gasteiger partial charge on any atom is 0.0406 e. The highest BCUT2D eigenvalue weighted by Crippen LogP contribution is 2.41. The molecule has 3 rings (SSSR count). The Morgan fingerprint density at radius 3 is 2.57 bits per heavy atom. The van der Waals surface area contributed by atoms with Crippen molar-refractivity contribution in [1.29, 1.82) is 0 Å². The summed E-state index contributed by atoms with van der Waals surface area (Å²) < 4.78 is 0. The molecule has 0 saturated heterocycles. The van der Waals surface area contributed by atoms with Gasteiger partial charge < -0.3 is 5.32 Å². The fraction of sp³-hybridized carbons (Fsp3) is 0.368. The lowest BCUT2D eigenvalue weighted by molar-refractivity contribution is 0.357. The molecule has 0 bridgehead atoms. The monoisotopic (exact) mass is 299 g/mol. The molecule has 1 aliphatic carbocycles. The molecule has 1 atom stereocenters. The zero-order valence-corrected chi connectivity index (χ0v) is 13.5. The van der Waals surface area contributed by atoms with Crippen LogP contribution in [0.5, 0.6) is 0 Å². The Kier molecular flexibility index (Phi) is 4.05. The van der Waals surface area contributed by atoms with Gasteiger partial charge in [-0.05, 0) is 47.1 Å². The second-order valence-corrected chi connectivity index (χ2v) is 7.01. The molecule has 0 heterocycles. The van der Waals surface area contributed by atoms with Crippen LogP contribution >= 0.6 is 11.6 Å². The van der Waals surface area contributed by atoms with Gasteiger partial charge in [0.05, 0.1) is 0 Å². The van der Waals surface area contributed by atoms with Gasteiger partial charge in [0.15, 0.2) is 0 Å². The lowest BCUT2D eigenvalue weighted by Crippen LogP contribution is -2.32. The summed E-state index contributed by atoms with van der Waals surface area (Å²) >= 11 is 5.94. The van der Waals surface area contributed by atoms with Crippen LogP contribution in [0.3, 0.4) is 0 Å². The van der Waals surface area contributed by atoms with Crippen LogP contribution in [0, 0.1) is 0 Å². The van der Waals surface area contributed by atoms with Crippen molar-refractivity contribution in [2.24, 2.45) is 0 Å². The van der Waals surface area contributed by atoms with Gasteiger partial charge in [-0.2, -0.15) is 0 Å². The Hall–Kier alpha value is -1.31. The molecule has 1 N–H and O–H groups in total. The van der Waals surface area contributed by atoms with Crippen LogP contribution in [0.25, 0.3) is 0 Å². The molecule has 2 aromatic carbocycles. The molecule has 0 radical (unpaired) electrons. The molecule has 110 valence electrons. The van der Waals surface area contributed by atoms with E-state index in [0.29, 0.717) is 6.04 Å². The third kappa shape index (κ3) is 3.14. The Morgan fingerprint density at radius 2 is 1.81 bits per heavy atom. The standard InChI is InChI=1S/C19H22ClN/c1-19(2)12-11-18(16-5-3-4-6-17(16)19)21-13-14-7-9-15(20)10-8-14/h3-10,18,21H,11-13H2,1-2H3. The van der Waals surface area contributed by atoms with E-state index in [9.17, 15) is 0 Å². The van der Waals surface area contributed by atoms with E-state index in [1.807, 2.05) is 12.1 Å². The third-order valence-corrected chi connectivity index (χ3v) is 4.84. The predicted octanol–water partition coefficient (Wildman–Crippen LogP) is 5.24. The van der Waals surface area contributed by atoms with Crippen molar-refractivity contribution < 1.29 is 0 Å². The zero-order chi connectivity index (χ0) is 14.9. The van der Waals surface area contributed by atoms with Gasteiger partial charge in [0.25, 0.3) is 0 Å². The highest BCUT2D eigenvalue weighted by molar-refractivity contribution is 6.30. The molecule has 0 saturated carbocycles. The van der Waals surface area contributed by atoms with Crippen molar-refractivity contribution >= 4 is 11.6 Å². The fourth-order valence-electron chi connectivity index (χ4n) is 3.27. The molecule has 1 unspecified atom stereocenters. The van der Waals surface area contributed by atoms with Crippen molar-refractivity contribution in [1.82, 2.24) is 5.32 Å².